The third-order valence-electron chi connectivity index (χ3n) is 15.6. The average Bonchev–Trinajstić information content (AvgIpc) is 2.03. The monoisotopic (exact) mass is 1200 g/mol. The van der Waals surface area contributed by atoms with Gasteiger partial charge in [-0.15, -0.1) is 24.3 Å². The molecule has 0 amide bonds. The van der Waals surface area contributed by atoms with Crippen LogP contribution in [-0.2, 0) is 33.5 Å². The number of fused-ring (bicyclic) bond motifs is 13. The van der Waals surface area contributed by atoms with E-state index in [4.69, 9.17) is 9.72 Å². The van der Waals surface area contributed by atoms with Gasteiger partial charge in [-0.05, 0) is 80.7 Å². The first-order valence-electron chi connectivity index (χ1n) is 26.5. The van der Waals surface area contributed by atoms with Crippen LogP contribution in [0, 0.1) is 18.5 Å². The predicted octanol–water partition coefficient (Wildman–Crippen LogP) is 17.0. The van der Waals surface area contributed by atoms with Crippen molar-refractivity contribution in [1.29, 1.82) is 0 Å². The van der Waals surface area contributed by atoms with E-state index in [0.29, 0.717) is 11.5 Å². The Morgan fingerprint density at radius 1 is 0.494 bits per heavy atom. The minimum absolute atomic E-state index is 0. The minimum Gasteiger partial charge on any atom is -0.510 e. The van der Waals surface area contributed by atoms with E-state index in [1.165, 1.54) is 32.6 Å². The summed E-state index contributed by atoms with van der Waals surface area (Å²) in [6.45, 7) is 6.76. The topological polar surface area (TPSA) is 45.7 Å². The first kappa shape index (κ1) is 48.1. The van der Waals surface area contributed by atoms with Gasteiger partial charge in [0, 0.05) is 84.1 Å². The summed E-state index contributed by atoms with van der Waals surface area (Å²) < 4.78 is 18.4. The fourth-order valence-corrected chi connectivity index (χ4v) is 12.1. The number of pyridine rings is 1. The van der Waals surface area contributed by atoms with Crippen molar-refractivity contribution >= 4 is 76.5 Å². The molecule has 79 heavy (non-hydrogen) atoms. The molecule has 0 spiro atoms. The van der Waals surface area contributed by atoms with Gasteiger partial charge in [0.2, 0.25) is 0 Å². The maximum absolute atomic E-state index is 6.97. The van der Waals surface area contributed by atoms with Crippen LogP contribution >= 0.6 is 0 Å². The molecular formula is C71H50N6OPt-2. The van der Waals surface area contributed by atoms with Crippen LogP contribution in [0.25, 0.3) is 122 Å². The zero-order chi connectivity index (χ0) is 52.2. The number of hydrogen-bond donors (Lipinski definition) is 0. The van der Waals surface area contributed by atoms with Gasteiger partial charge in [-0.2, -0.15) is 18.2 Å². The van der Waals surface area contributed by atoms with Gasteiger partial charge < -0.3 is 23.0 Å². The molecule has 0 unspecified atom stereocenters. The van der Waals surface area contributed by atoms with Crippen LogP contribution < -0.4 is 9.30 Å². The molecule has 0 radical (unpaired) electrons. The summed E-state index contributed by atoms with van der Waals surface area (Å²) in [4.78, 5) is 5.23. The number of para-hydroxylation sites is 6. The second-order valence-electron chi connectivity index (χ2n) is 21.2. The first-order valence-corrected chi connectivity index (χ1v) is 26.5. The maximum atomic E-state index is 6.97. The fourth-order valence-electron chi connectivity index (χ4n) is 12.1. The fraction of sp³-hybridized carbons (Fsp3) is 0.0704. The standard InChI is InChI=1S/C71H50N6O.Pt/c1-71(2,3)48-40-41-72-63(42-48)77-62-44-52(38-39-57(62)66-68-64(55-30-14-16-34-58(55)73(68)4)65-56-31-15-17-35-59(56)76(69(65)70(66)77)49-26-12-7-13-27-49)78-51-29-20-28-50(43-51)74-45-75(61-37-19-18-36-60(61)74)67-53(46-22-8-5-9-23-46)32-21-33-54(67)47-24-10-6-11-25-47;/h5-42H,1-4H3;/q-2;. The third kappa shape index (κ3) is 7.59. The van der Waals surface area contributed by atoms with Crippen LogP contribution in [0.2, 0.25) is 0 Å². The van der Waals surface area contributed by atoms with Crippen molar-refractivity contribution in [2.24, 2.45) is 7.05 Å². The van der Waals surface area contributed by atoms with Crippen molar-refractivity contribution in [3.05, 3.63) is 255 Å². The second kappa shape index (κ2) is 18.7. The largest absolute Gasteiger partial charge is 0.510 e. The van der Waals surface area contributed by atoms with Crippen molar-refractivity contribution in [1.82, 2.24) is 23.3 Å². The minimum atomic E-state index is -0.135. The number of nitrogens with zero attached hydrogens (tertiary/aromatic N) is 6. The predicted molar refractivity (Wildman–Crippen MR) is 318 cm³/mol. The number of imidazole rings is 1. The number of rotatable bonds is 8. The van der Waals surface area contributed by atoms with Crippen molar-refractivity contribution in [2.45, 2.75) is 26.2 Å². The van der Waals surface area contributed by atoms with Crippen molar-refractivity contribution in [3.8, 4) is 56.6 Å². The normalized spacial score (nSPS) is 11.9. The van der Waals surface area contributed by atoms with Gasteiger partial charge in [0.1, 0.15) is 5.82 Å². The number of hydrogen-bond acceptors (Lipinski definition) is 2. The van der Waals surface area contributed by atoms with Crippen LogP contribution in [0.4, 0.5) is 0 Å². The van der Waals surface area contributed by atoms with Gasteiger partial charge in [-0.1, -0.05) is 189 Å². The molecule has 0 N–H and O–H groups in total. The van der Waals surface area contributed by atoms with Crippen LogP contribution in [0.3, 0.4) is 0 Å². The van der Waals surface area contributed by atoms with Crippen LogP contribution in [0.5, 0.6) is 11.5 Å². The molecule has 5 aromatic heterocycles. The maximum Gasteiger partial charge on any atom is 0.268 e. The zero-order valence-corrected chi connectivity index (χ0v) is 46.1. The molecular weight excluding hydrogens is 1150 g/mol. The molecule has 8 heteroatoms. The van der Waals surface area contributed by atoms with E-state index in [9.17, 15) is 0 Å². The molecule has 0 fully saturated rings. The molecule has 7 nitrogen and oxygen atoms in total. The zero-order valence-electron chi connectivity index (χ0n) is 43.8. The van der Waals surface area contributed by atoms with Gasteiger partial charge in [-0.25, -0.2) is 4.98 Å². The molecule has 15 rings (SSSR count). The average molecular weight is 1200 g/mol. The molecule has 382 valence electrons. The number of benzene rings is 10. The van der Waals surface area contributed by atoms with E-state index in [1.807, 2.05) is 24.4 Å². The molecule has 0 aliphatic heterocycles. The van der Waals surface area contributed by atoms with E-state index in [2.05, 4.69) is 275 Å². The van der Waals surface area contributed by atoms with E-state index in [1.54, 1.807) is 0 Å². The van der Waals surface area contributed by atoms with E-state index in [-0.39, 0.29) is 26.5 Å². The van der Waals surface area contributed by atoms with Crippen molar-refractivity contribution in [2.75, 3.05) is 0 Å². The third-order valence-corrected chi connectivity index (χ3v) is 15.6. The number of ether oxygens (including phenoxy) is 1. The van der Waals surface area contributed by atoms with E-state index in [0.717, 1.165) is 94.5 Å². The molecule has 15 aromatic rings. The van der Waals surface area contributed by atoms with Crippen molar-refractivity contribution < 1.29 is 30.4 Å². The summed E-state index contributed by atoms with van der Waals surface area (Å²) in [5.41, 5.74) is 16.9. The molecule has 10 aromatic carbocycles. The molecule has 0 bridgehead atoms. The molecule has 0 atom stereocenters. The van der Waals surface area contributed by atoms with E-state index >= 15 is 0 Å². The Bertz CT molecular complexity index is 4810. The summed E-state index contributed by atoms with van der Waals surface area (Å²) in [7, 11) is 2.20. The first-order chi connectivity index (χ1) is 38.3. The van der Waals surface area contributed by atoms with E-state index < -0.39 is 0 Å². The van der Waals surface area contributed by atoms with Crippen LogP contribution in [0.1, 0.15) is 26.3 Å². The molecule has 0 saturated carbocycles. The Balaban J connectivity index is 0.00000564. The Morgan fingerprint density at radius 2 is 1.08 bits per heavy atom. The Labute approximate surface area is 471 Å². The molecule has 0 aliphatic carbocycles. The second-order valence-corrected chi connectivity index (χ2v) is 21.2. The number of aryl methyl sites for hydroxylation is 1. The van der Waals surface area contributed by atoms with Crippen LogP contribution in [-0.4, -0.2) is 23.3 Å². The molecule has 0 saturated heterocycles. The Hall–Kier alpha value is -9.29. The van der Waals surface area contributed by atoms with Gasteiger partial charge in [0.25, 0.3) is 6.33 Å². The Morgan fingerprint density at radius 3 is 1.78 bits per heavy atom. The summed E-state index contributed by atoms with van der Waals surface area (Å²) in [6, 6.07) is 86.8. The quantitative estimate of drug-likeness (QED) is 0.112. The SMILES string of the molecule is Cn1c2ccccc2c2c3c4ccccc4n(-c4ccccc4)c3c3c(c4ccc(Oc5[c-]c(-[n+]6[c-]n(-c7c(-c8ccccc8)cccc7-c7ccccc7)c7ccccc76)ccc5)[c-]c4n3-c3cc(C(C)(C)C)ccn3)c21.[Pt]. The summed E-state index contributed by atoms with van der Waals surface area (Å²) >= 11 is 0. The van der Waals surface area contributed by atoms with Gasteiger partial charge >= 0.3 is 0 Å². The number of aromatic nitrogens is 6. The van der Waals surface area contributed by atoms with Gasteiger partial charge in [-0.3, -0.25) is 4.57 Å². The van der Waals surface area contributed by atoms with Gasteiger partial charge in [0.05, 0.1) is 33.3 Å². The van der Waals surface area contributed by atoms with Crippen molar-refractivity contribution in [3.63, 3.8) is 0 Å². The Kier molecular flexibility index (Phi) is 11.4. The smallest absolute Gasteiger partial charge is 0.268 e. The summed E-state index contributed by atoms with van der Waals surface area (Å²) in [6.07, 6.45) is 5.75. The molecule has 5 heterocycles. The van der Waals surface area contributed by atoms with Gasteiger partial charge in [0.15, 0.2) is 0 Å². The van der Waals surface area contributed by atoms with Crippen LogP contribution in [0.15, 0.2) is 231 Å². The molecule has 0 aliphatic rings. The summed E-state index contributed by atoms with van der Waals surface area (Å²) in [5.74, 6) is 1.91. The summed E-state index contributed by atoms with van der Waals surface area (Å²) in [5, 5.41) is 6.98.